The van der Waals surface area contributed by atoms with E-state index in [1.807, 2.05) is 0 Å². The van der Waals surface area contributed by atoms with Gasteiger partial charge in [0.25, 0.3) is 21.9 Å². The standard InChI is InChI=1S/C13H14N2O7S/c1-22-8-2-3-11(23(19,20)21)9(6-8)14-10-7-12(17)15(4-5-16)13(10)18/h2-3,6-7,14,16H,4-5H2,1H3,(H,19,20,21). The number of β-amino-alcohol motifs (C(OH)–C–C–N with tert-alkyl or cyclic N) is 1. The number of aliphatic hydroxyl groups excluding tert-OH is 1. The third kappa shape index (κ3) is 3.50. The van der Waals surface area contributed by atoms with Crippen molar-refractivity contribution in [3.63, 3.8) is 0 Å². The average Bonchev–Trinajstić information content (AvgIpc) is 2.74. The fourth-order valence-electron chi connectivity index (χ4n) is 2.01. The molecule has 23 heavy (non-hydrogen) atoms. The zero-order valence-corrected chi connectivity index (χ0v) is 12.8. The van der Waals surface area contributed by atoms with Crippen LogP contribution in [0.1, 0.15) is 0 Å². The lowest BCUT2D eigenvalue weighted by atomic mass is 10.2. The number of nitrogens with one attached hydrogen (secondary N) is 1. The molecule has 1 heterocycles. The quantitative estimate of drug-likeness (QED) is 0.470. The highest BCUT2D eigenvalue weighted by Crippen LogP contribution is 2.28. The van der Waals surface area contributed by atoms with Crippen molar-refractivity contribution in [2.75, 3.05) is 25.6 Å². The Hall–Kier alpha value is -2.43. The third-order valence-electron chi connectivity index (χ3n) is 3.07. The van der Waals surface area contributed by atoms with E-state index in [9.17, 15) is 22.6 Å². The van der Waals surface area contributed by atoms with Crippen molar-refractivity contribution < 1.29 is 32.4 Å². The summed E-state index contributed by atoms with van der Waals surface area (Å²) < 4.78 is 37.0. The van der Waals surface area contributed by atoms with Crippen LogP contribution in [0.5, 0.6) is 5.75 Å². The molecule has 0 aliphatic carbocycles. The van der Waals surface area contributed by atoms with Crippen molar-refractivity contribution in [1.29, 1.82) is 0 Å². The summed E-state index contributed by atoms with van der Waals surface area (Å²) in [4.78, 5) is 24.0. The lowest BCUT2D eigenvalue weighted by molar-refractivity contribution is -0.137. The maximum Gasteiger partial charge on any atom is 0.296 e. The van der Waals surface area contributed by atoms with Crippen LogP contribution in [-0.2, 0) is 19.7 Å². The van der Waals surface area contributed by atoms with Gasteiger partial charge in [0, 0.05) is 12.1 Å². The molecule has 0 atom stereocenters. The normalized spacial score (nSPS) is 14.9. The second-order valence-electron chi connectivity index (χ2n) is 4.54. The van der Waals surface area contributed by atoms with Crippen LogP contribution in [0, 0.1) is 0 Å². The van der Waals surface area contributed by atoms with Crippen LogP contribution in [0.15, 0.2) is 34.9 Å². The van der Waals surface area contributed by atoms with E-state index in [1.165, 1.54) is 19.2 Å². The van der Waals surface area contributed by atoms with Crippen molar-refractivity contribution in [1.82, 2.24) is 4.90 Å². The molecular formula is C13H14N2O7S. The smallest absolute Gasteiger partial charge is 0.296 e. The predicted molar refractivity (Wildman–Crippen MR) is 78.3 cm³/mol. The van der Waals surface area contributed by atoms with Crippen LogP contribution >= 0.6 is 0 Å². The number of nitrogens with zero attached hydrogens (tertiary/aromatic N) is 1. The molecule has 0 radical (unpaired) electrons. The molecule has 0 saturated heterocycles. The Bertz CT molecular complexity index is 786. The SMILES string of the molecule is COc1ccc(S(=O)(=O)O)c(NC2=CC(=O)N(CCO)C2=O)c1. The molecule has 3 N–H and O–H groups in total. The first-order valence-corrected chi connectivity index (χ1v) is 7.83. The number of amides is 2. The fourth-order valence-corrected chi connectivity index (χ4v) is 2.64. The Kier molecular flexibility index (Phi) is 4.68. The van der Waals surface area contributed by atoms with Crippen molar-refractivity contribution in [3.8, 4) is 5.75 Å². The van der Waals surface area contributed by atoms with Crippen molar-refractivity contribution >= 4 is 27.6 Å². The highest BCUT2D eigenvalue weighted by Gasteiger charge is 2.31. The molecule has 9 nitrogen and oxygen atoms in total. The molecule has 0 saturated carbocycles. The molecule has 1 aromatic rings. The van der Waals surface area contributed by atoms with E-state index >= 15 is 0 Å². The number of ether oxygens (including phenoxy) is 1. The lowest BCUT2D eigenvalue weighted by Crippen LogP contribution is -2.34. The number of imide groups is 1. The van der Waals surface area contributed by atoms with E-state index in [0.29, 0.717) is 0 Å². The first-order valence-electron chi connectivity index (χ1n) is 6.39. The molecule has 0 bridgehead atoms. The second kappa shape index (κ2) is 6.36. The Labute approximate surface area is 131 Å². The molecular weight excluding hydrogens is 328 g/mol. The summed E-state index contributed by atoms with van der Waals surface area (Å²) in [5.74, 6) is -1.07. The summed E-state index contributed by atoms with van der Waals surface area (Å²) in [7, 11) is -3.19. The predicted octanol–water partition coefficient (Wildman–Crippen LogP) is -0.401. The summed E-state index contributed by atoms with van der Waals surface area (Å²) in [6.45, 7) is -0.573. The summed E-state index contributed by atoms with van der Waals surface area (Å²) in [5, 5.41) is 11.3. The third-order valence-corrected chi connectivity index (χ3v) is 3.98. The van der Waals surface area contributed by atoms with E-state index in [-0.39, 0.29) is 23.7 Å². The molecule has 2 rings (SSSR count). The van der Waals surface area contributed by atoms with Gasteiger partial charge in [-0.2, -0.15) is 8.42 Å². The molecule has 1 aliphatic heterocycles. The zero-order chi connectivity index (χ0) is 17.2. The minimum absolute atomic E-state index is 0.120. The van der Waals surface area contributed by atoms with Crippen molar-refractivity contribution in [2.24, 2.45) is 0 Å². The molecule has 10 heteroatoms. The minimum Gasteiger partial charge on any atom is -0.497 e. The van der Waals surface area contributed by atoms with Gasteiger partial charge in [0.2, 0.25) is 0 Å². The summed E-state index contributed by atoms with van der Waals surface area (Å²) >= 11 is 0. The Morgan fingerprint density at radius 2 is 2.00 bits per heavy atom. The van der Waals surface area contributed by atoms with E-state index in [1.54, 1.807) is 0 Å². The van der Waals surface area contributed by atoms with Crippen LogP contribution in [0.25, 0.3) is 0 Å². The van der Waals surface area contributed by atoms with Gasteiger partial charge in [0.1, 0.15) is 16.3 Å². The fraction of sp³-hybridized carbons (Fsp3) is 0.231. The van der Waals surface area contributed by atoms with Crippen molar-refractivity contribution in [2.45, 2.75) is 4.90 Å². The topological polar surface area (TPSA) is 133 Å². The number of anilines is 1. The largest absolute Gasteiger partial charge is 0.497 e. The first kappa shape index (κ1) is 16.9. The number of carbonyl (C=O) groups is 2. The number of carbonyl (C=O) groups excluding carboxylic acids is 2. The van der Waals surface area contributed by atoms with Gasteiger partial charge in [-0.15, -0.1) is 0 Å². The number of hydrogen-bond acceptors (Lipinski definition) is 7. The highest BCUT2D eigenvalue weighted by atomic mass is 32.2. The molecule has 0 spiro atoms. The highest BCUT2D eigenvalue weighted by molar-refractivity contribution is 7.86. The Morgan fingerprint density at radius 3 is 2.57 bits per heavy atom. The number of hydrogen-bond donors (Lipinski definition) is 3. The van der Waals surface area contributed by atoms with Gasteiger partial charge in [-0.1, -0.05) is 0 Å². The van der Waals surface area contributed by atoms with Gasteiger partial charge in [0.15, 0.2) is 0 Å². The van der Waals surface area contributed by atoms with E-state index in [4.69, 9.17) is 9.84 Å². The van der Waals surface area contributed by atoms with E-state index in [2.05, 4.69) is 5.32 Å². The second-order valence-corrected chi connectivity index (χ2v) is 5.93. The van der Waals surface area contributed by atoms with Crippen LogP contribution in [0.4, 0.5) is 5.69 Å². The molecule has 1 aromatic carbocycles. The molecule has 1 aliphatic rings. The van der Waals surface area contributed by atoms with E-state index in [0.717, 1.165) is 17.0 Å². The van der Waals surface area contributed by atoms with Crippen LogP contribution in [0.3, 0.4) is 0 Å². The Morgan fingerprint density at radius 1 is 1.30 bits per heavy atom. The lowest BCUT2D eigenvalue weighted by Gasteiger charge is -2.15. The number of rotatable bonds is 6. The van der Waals surface area contributed by atoms with Gasteiger partial charge in [0.05, 0.1) is 25.9 Å². The van der Waals surface area contributed by atoms with E-state index < -0.39 is 33.4 Å². The van der Waals surface area contributed by atoms with Crippen molar-refractivity contribution in [3.05, 3.63) is 30.0 Å². The molecule has 0 fully saturated rings. The minimum atomic E-state index is -4.55. The van der Waals surface area contributed by atoms with Crippen LogP contribution < -0.4 is 10.1 Å². The molecule has 0 unspecified atom stereocenters. The average molecular weight is 342 g/mol. The monoisotopic (exact) mass is 342 g/mol. The summed E-state index contributed by atoms with van der Waals surface area (Å²) in [6.07, 6.45) is 0.977. The van der Waals surface area contributed by atoms with Gasteiger partial charge in [-0.25, -0.2) is 0 Å². The maximum absolute atomic E-state index is 12.0. The number of benzene rings is 1. The summed E-state index contributed by atoms with van der Waals surface area (Å²) in [5.41, 5.74) is -0.299. The van der Waals surface area contributed by atoms with Crippen LogP contribution in [-0.4, -0.2) is 55.1 Å². The molecule has 0 aromatic heterocycles. The number of aliphatic hydroxyl groups is 1. The summed E-state index contributed by atoms with van der Waals surface area (Å²) in [6, 6.07) is 3.68. The number of methoxy groups -OCH3 is 1. The van der Waals surface area contributed by atoms with Gasteiger partial charge in [-0.05, 0) is 12.1 Å². The zero-order valence-electron chi connectivity index (χ0n) is 12.0. The maximum atomic E-state index is 12.0. The first-order chi connectivity index (χ1) is 10.8. The molecule has 2 amide bonds. The van der Waals surface area contributed by atoms with Gasteiger partial charge >= 0.3 is 0 Å². The Balaban J connectivity index is 2.38. The van der Waals surface area contributed by atoms with Gasteiger partial charge in [-0.3, -0.25) is 19.0 Å². The molecule has 124 valence electrons. The van der Waals surface area contributed by atoms with Gasteiger partial charge < -0.3 is 15.2 Å². The van der Waals surface area contributed by atoms with Crippen LogP contribution in [0.2, 0.25) is 0 Å².